The minimum atomic E-state index is -0.583. The van der Waals surface area contributed by atoms with Gasteiger partial charge in [-0.25, -0.2) is 14.4 Å². The van der Waals surface area contributed by atoms with E-state index in [0.717, 1.165) is 5.69 Å². The summed E-state index contributed by atoms with van der Waals surface area (Å²) in [5.74, 6) is -1.05. The van der Waals surface area contributed by atoms with Gasteiger partial charge in [-0.15, -0.1) is 0 Å². The molecule has 2 heterocycles. The number of rotatable bonds is 5. The molecule has 0 aliphatic rings. The van der Waals surface area contributed by atoms with Crippen molar-refractivity contribution in [3.63, 3.8) is 0 Å². The van der Waals surface area contributed by atoms with Crippen molar-refractivity contribution in [3.8, 4) is 0 Å². The number of nitrogens with zero attached hydrogens (tertiary/aromatic N) is 4. The number of hydrogen-bond acceptors (Lipinski definition) is 4. The molecule has 0 aliphatic heterocycles. The molecule has 1 N–H and O–H groups in total. The number of halogens is 1. The third-order valence-corrected chi connectivity index (χ3v) is 4.69. The SMILES string of the molecule is CCN(C(=O)c1ccccc1F)c1cccc2c1ncc(=O)n2Cc1cnc[nH]1. The molecule has 0 unspecified atom stereocenters. The van der Waals surface area contributed by atoms with Crippen LogP contribution >= 0.6 is 0 Å². The summed E-state index contributed by atoms with van der Waals surface area (Å²) in [6.07, 6.45) is 4.41. The van der Waals surface area contributed by atoms with Gasteiger partial charge in [0, 0.05) is 12.7 Å². The summed E-state index contributed by atoms with van der Waals surface area (Å²) >= 11 is 0. The lowest BCUT2D eigenvalue weighted by Gasteiger charge is -2.23. The zero-order valence-corrected chi connectivity index (χ0v) is 15.7. The van der Waals surface area contributed by atoms with Gasteiger partial charge < -0.3 is 9.88 Å². The van der Waals surface area contributed by atoms with Crippen molar-refractivity contribution in [2.24, 2.45) is 0 Å². The van der Waals surface area contributed by atoms with Crippen LogP contribution in [0.15, 0.2) is 66.0 Å². The average molecular weight is 391 g/mol. The third kappa shape index (κ3) is 3.40. The first-order valence-electron chi connectivity index (χ1n) is 9.12. The quantitative estimate of drug-likeness (QED) is 0.567. The van der Waals surface area contributed by atoms with Crippen LogP contribution in [0, 0.1) is 5.82 Å². The summed E-state index contributed by atoms with van der Waals surface area (Å²) in [5, 5.41) is 0. The Morgan fingerprint density at radius 3 is 2.72 bits per heavy atom. The van der Waals surface area contributed by atoms with Crippen molar-refractivity contribution in [2.75, 3.05) is 11.4 Å². The molecule has 0 saturated carbocycles. The van der Waals surface area contributed by atoms with Crippen molar-refractivity contribution >= 4 is 22.6 Å². The Balaban J connectivity index is 1.84. The Labute approximate surface area is 165 Å². The molecule has 0 fully saturated rings. The number of aromatic amines is 1. The molecule has 4 aromatic rings. The number of fused-ring (bicyclic) bond motifs is 1. The van der Waals surface area contributed by atoms with Gasteiger partial charge in [0.15, 0.2) is 0 Å². The molecule has 2 aromatic heterocycles. The van der Waals surface area contributed by atoms with E-state index in [9.17, 15) is 14.0 Å². The lowest BCUT2D eigenvalue weighted by atomic mass is 10.1. The third-order valence-electron chi connectivity index (χ3n) is 4.69. The van der Waals surface area contributed by atoms with E-state index in [-0.39, 0.29) is 17.7 Å². The molecule has 0 spiro atoms. The smallest absolute Gasteiger partial charge is 0.269 e. The molecule has 4 rings (SSSR count). The highest BCUT2D eigenvalue weighted by Gasteiger charge is 2.22. The number of imidazole rings is 1. The number of hydrogen-bond donors (Lipinski definition) is 1. The molecule has 0 bridgehead atoms. The Kier molecular flexibility index (Phi) is 4.90. The lowest BCUT2D eigenvalue weighted by molar-refractivity contribution is 0.0984. The Hall–Kier alpha value is -3.81. The standard InChI is InChI=1S/C21H18FN5O2/c1-2-26(21(29)15-6-3-4-7-16(15)22)17-8-5-9-18-20(17)24-11-19(28)27(18)12-14-10-23-13-25-14/h3-11,13H,2,12H2,1H3,(H,23,25). The van der Waals surface area contributed by atoms with Crippen LogP contribution < -0.4 is 10.5 Å². The first-order valence-corrected chi connectivity index (χ1v) is 9.12. The minimum Gasteiger partial charge on any atom is -0.347 e. The van der Waals surface area contributed by atoms with Crippen LogP contribution in [0.2, 0.25) is 0 Å². The maximum atomic E-state index is 14.2. The van der Waals surface area contributed by atoms with Crippen molar-refractivity contribution < 1.29 is 9.18 Å². The number of aromatic nitrogens is 4. The Morgan fingerprint density at radius 2 is 2.00 bits per heavy atom. The molecule has 2 aromatic carbocycles. The Bertz CT molecular complexity index is 1230. The molecular formula is C21H18FN5O2. The van der Waals surface area contributed by atoms with Crippen LogP contribution in [0.25, 0.3) is 11.0 Å². The number of carbonyl (C=O) groups excluding carboxylic acids is 1. The van der Waals surface area contributed by atoms with E-state index < -0.39 is 11.7 Å². The molecule has 146 valence electrons. The van der Waals surface area contributed by atoms with Gasteiger partial charge in [-0.3, -0.25) is 14.2 Å². The van der Waals surface area contributed by atoms with E-state index in [0.29, 0.717) is 23.3 Å². The van der Waals surface area contributed by atoms with Gasteiger partial charge >= 0.3 is 0 Å². The predicted octanol–water partition coefficient (Wildman–Crippen LogP) is 2.97. The molecule has 1 amide bonds. The summed E-state index contributed by atoms with van der Waals surface area (Å²) < 4.78 is 15.7. The van der Waals surface area contributed by atoms with Crippen molar-refractivity contribution in [1.29, 1.82) is 0 Å². The van der Waals surface area contributed by atoms with Gasteiger partial charge in [-0.05, 0) is 31.2 Å². The number of anilines is 1. The summed E-state index contributed by atoms with van der Waals surface area (Å²) in [6.45, 7) is 2.40. The zero-order valence-electron chi connectivity index (χ0n) is 15.7. The maximum absolute atomic E-state index is 14.2. The predicted molar refractivity (Wildman–Crippen MR) is 107 cm³/mol. The lowest BCUT2D eigenvalue weighted by Crippen LogP contribution is -2.32. The fourth-order valence-corrected chi connectivity index (χ4v) is 3.30. The molecule has 0 radical (unpaired) electrons. The van der Waals surface area contributed by atoms with E-state index in [1.807, 2.05) is 0 Å². The van der Waals surface area contributed by atoms with Gasteiger partial charge in [-0.1, -0.05) is 18.2 Å². The fourth-order valence-electron chi connectivity index (χ4n) is 3.30. The summed E-state index contributed by atoms with van der Waals surface area (Å²) in [7, 11) is 0. The van der Waals surface area contributed by atoms with E-state index >= 15 is 0 Å². The van der Waals surface area contributed by atoms with Crippen molar-refractivity contribution in [2.45, 2.75) is 13.5 Å². The van der Waals surface area contributed by atoms with Gasteiger partial charge in [-0.2, -0.15) is 0 Å². The normalized spacial score (nSPS) is 11.0. The molecule has 0 saturated heterocycles. The van der Waals surface area contributed by atoms with Crippen molar-refractivity contribution in [1.82, 2.24) is 19.5 Å². The number of benzene rings is 2. The summed E-state index contributed by atoms with van der Waals surface area (Å²) in [5.41, 5.74) is 2.05. The van der Waals surface area contributed by atoms with E-state index in [2.05, 4.69) is 15.0 Å². The first kappa shape index (κ1) is 18.5. The van der Waals surface area contributed by atoms with Crippen LogP contribution in [-0.2, 0) is 6.54 Å². The summed E-state index contributed by atoms with van der Waals surface area (Å²) in [4.78, 5) is 38.2. The van der Waals surface area contributed by atoms with Gasteiger partial charge in [0.05, 0.1) is 41.5 Å². The van der Waals surface area contributed by atoms with E-state index in [1.165, 1.54) is 29.3 Å². The van der Waals surface area contributed by atoms with Crippen LogP contribution in [0.3, 0.4) is 0 Å². The van der Waals surface area contributed by atoms with Crippen LogP contribution in [-0.4, -0.2) is 32.0 Å². The average Bonchev–Trinajstić information content (AvgIpc) is 3.24. The molecule has 7 nitrogen and oxygen atoms in total. The van der Waals surface area contributed by atoms with Gasteiger partial charge in [0.2, 0.25) is 0 Å². The molecule has 0 atom stereocenters. The molecule has 0 aliphatic carbocycles. The van der Waals surface area contributed by atoms with E-state index in [1.54, 1.807) is 48.3 Å². The zero-order chi connectivity index (χ0) is 20.4. The second-order valence-electron chi connectivity index (χ2n) is 6.43. The number of H-pyrrole nitrogens is 1. The number of para-hydroxylation sites is 1. The van der Waals surface area contributed by atoms with E-state index in [4.69, 9.17) is 0 Å². The van der Waals surface area contributed by atoms with Gasteiger partial charge in [0.25, 0.3) is 11.5 Å². The second-order valence-corrected chi connectivity index (χ2v) is 6.43. The Morgan fingerprint density at radius 1 is 1.17 bits per heavy atom. The maximum Gasteiger partial charge on any atom is 0.269 e. The highest BCUT2D eigenvalue weighted by atomic mass is 19.1. The fraction of sp³-hybridized carbons (Fsp3) is 0.143. The van der Waals surface area contributed by atoms with Gasteiger partial charge in [0.1, 0.15) is 11.3 Å². The topological polar surface area (TPSA) is 83.9 Å². The monoisotopic (exact) mass is 391 g/mol. The molecular weight excluding hydrogens is 373 g/mol. The second kappa shape index (κ2) is 7.67. The highest BCUT2D eigenvalue weighted by molar-refractivity contribution is 6.09. The molecule has 8 heteroatoms. The number of amides is 1. The number of carbonyl (C=O) groups is 1. The van der Waals surface area contributed by atoms with Crippen LogP contribution in [0.4, 0.5) is 10.1 Å². The van der Waals surface area contributed by atoms with Crippen LogP contribution in [0.1, 0.15) is 23.0 Å². The van der Waals surface area contributed by atoms with Crippen LogP contribution in [0.5, 0.6) is 0 Å². The molecule has 29 heavy (non-hydrogen) atoms. The minimum absolute atomic E-state index is 0.0165. The largest absolute Gasteiger partial charge is 0.347 e. The summed E-state index contributed by atoms with van der Waals surface area (Å²) in [6, 6.07) is 11.1. The highest BCUT2D eigenvalue weighted by Crippen LogP contribution is 2.26. The van der Waals surface area contributed by atoms with Crippen molar-refractivity contribution in [3.05, 3.63) is 88.6 Å². The number of nitrogens with one attached hydrogen (secondary N) is 1. The first-order chi connectivity index (χ1) is 14.1.